The maximum Gasteiger partial charge on any atom is 0.342 e. The zero-order chi connectivity index (χ0) is 19.4. The zero-order valence-corrected chi connectivity index (χ0v) is 16.4. The van der Waals surface area contributed by atoms with E-state index in [-0.39, 0.29) is 13.2 Å². The van der Waals surface area contributed by atoms with Crippen molar-refractivity contribution >= 4 is 40.1 Å². The van der Waals surface area contributed by atoms with Gasteiger partial charge in [-0.1, -0.05) is 29.3 Å². The van der Waals surface area contributed by atoms with Crippen LogP contribution < -0.4 is 4.74 Å². The van der Waals surface area contributed by atoms with Crippen LogP contribution in [0.3, 0.4) is 0 Å². The molecule has 3 rings (SSSR count). The Morgan fingerprint density at radius 3 is 2.67 bits per heavy atom. The Kier molecular flexibility index (Phi) is 6.26. The molecule has 0 aliphatic heterocycles. The number of carbonyl (C=O) groups excluding carboxylic acids is 1. The number of fused-ring (bicyclic) bond motifs is 1. The minimum atomic E-state index is -0.457. The fourth-order valence-electron chi connectivity index (χ4n) is 2.63. The van der Waals surface area contributed by atoms with E-state index < -0.39 is 5.97 Å². The number of furan rings is 1. The van der Waals surface area contributed by atoms with Gasteiger partial charge in [-0.2, -0.15) is 0 Å². The van der Waals surface area contributed by atoms with Crippen molar-refractivity contribution in [3.8, 4) is 5.75 Å². The number of halogens is 2. The van der Waals surface area contributed by atoms with Crippen LogP contribution >= 0.6 is 23.2 Å². The van der Waals surface area contributed by atoms with E-state index in [0.717, 1.165) is 5.56 Å². The molecule has 27 heavy (non-hydrogen) atoms. The molecule has 0 atom stereocenters. The number of methoxy groups -OCH3 is 1. The standard InChI is InChI=1S/C20H18Cl2O5/c1-12-19(20(23)25-8-7-24-2)16-10-15(5-6-18(16)27-12)26-11-13-3-4-14(21)9-17(13)22/h3-6,9-10H,7-8,11H2,1-2H3. The maximum atomic E-state index is 12.4. The summed E-state index contributed by atoms with van der Waals surface area (Å²) in [4.78, 5) is 12.4. The first kappa shape index (κ1) is 19.5. The molecule has 0 saturated heterocycles. The van der Waals surface area contributed by atoms with E-state index in [0.29, 0.717) is 44.7 Å². The molecule has 3 aromatic rings. The van der Waals surface area contributed by atoms with Gasteiger partial charge in [0.15, 0.2) is 0 Å². The SMILES string of the molecule is COCCOC(=O)c1c(C)oc2ccc(OCc3ccc(Cl)cc3Cl)cc12. The lowest BCUT2D eigenvalue weighted by atomic mass is 10.1. The maximum absolute atomic E-state index is 12.4. The molecule has 1 aromatic heterocycles. The van der Waals surface area contributed by atoms with E-state index in [9.17, 15) is 4.79 Å². The monoisotopic (exact) mass is 408 g/mol. The third-order valence-electron chi connectivity index (χ3n) is 3.97. The van der Waals surface area contributed by atoms with Gasteiger partial charge in [0.1, 0.15) is 35.9 Å². The van der Waals surface area contributed by atoms with Gasteiger partial charge in [-0.05, 0) is 37.3 Å². The molecule has 0 aliphatic carbocycles. The van der Waals surface area contributed by atoms with Crippen LogP contribution in [0, 0.1) is 6.92 Å². The van der Waals surface area contributed by atoms with Gasteiger partial charge in [0.05, 0.1) is 6.61 Å². The molecule has 0 amide bonds. The fraction of sp³-hybridized carbons (Fsp3) is 0.250. The van der Waals surface area contributed by atoms with Crippen molar-refractivity contribution < 1.29 is 23.4 Å². The van der Waals surface area contributed by atoms with Gasteiger partial charge in [0.2, 0.25) is 0 Å². The summed E-state index contributed by atoms with van der Waals surface area (Å²) in [5.41, 5.74) is 1.78. The Balaban J connectivity index is 1.81. The van der Waals surface area contributed by atoms with Crippen LogP contribution in [0.25, 0.3) is 11.0 Å². The molecule has 0 radical (unpaired) electrons. The molecular formula is C20H18Cl2O5. The molecule has 0 N–H and O–H groups in total. The van der Waals surface area contributed by atoms with E-state index >= 15 is 0 Å². The van der Waals surface area contributed by atoms with Crippen LogP contribution in [0.5, 0.6) is 5.75 Å². The average Bonchev–Trinajstić information content (AvgIpc) is 2.96. The molecule has 0 fully saturated rings. The molecule has 0 spiro atoms. The Bertz CT molecular complexity index is 964. The van der Waals surface area contributed by atoms with Gasteiger partial charge in [-0.3, -0.25) is 0 Å². The molecule has 142 valence electrons. The van der Waals surface area contributed by atoms with Gasteiger partial charge < -0.3 is 18.6 Å². The van der Waals surface area contributed by atoms with Crippen LogP contribution in [0.4, 0.5) is 0 Å². The van der Waals surface area contributed by atoms with Gasteiger partial charge in [0, 0.05) is 28.1 Å². The number of hydrogen-bond acceptors (Lipinski definition) is 5. The summed E-state index contributed by atoms with van der Waals surface area (Å²) in [7, 11) is 1.54. The second kappa shape index (κ2) is 8.65. The van der Waals surface area contributed by atoms with Crippen LogP contribution in [-0.4, -0.2) is 26.3 Å². The smallest absolute Gasteiger partial charge is 0.342 e. The van der Waals surface area contributed by atoms with Crippen molar-refractivity contribution in [3.05, 3.63) is 63.3 Å². The third-order valence-corrected chi connectivity index (χ3v) is 4.56. The Hall–Kier alpha value is -2.21. The summed E-state index contributed by atoms with van der Waals surface area (Å²) >= 11 is 12.1. The first-order valence-corrected chi connectivity index (χ1v) is 9.01. The molecular weight excluding hydrogens is 391 g/mol. The lowest BCUT2D eigenvalue weighted by molar-refractivity contribution is 0.0388. The van der Waals surface area contributed by atoms with Crippen molar-refractivity contribution in [2.45, 2.75) is 13.5 Å². The van der Waals surface area contributed by atoms with E-state index in [2.05, 4.69) is 0 Å². The predicted molar refractivity (Wildman–Crippen MR) is 104 cm³/mol. The quantitative estimate of drug-likeness (QED) is 0.385. The number of carbonyl (C=O) groups is 1. The third kappa shape index (κ3) is 4.56. The fourth-order valence-corrected chi connectivity index (χ4v) is 3.10. The first-order valence-electron chi connectivity index (χ1n) is 8.25. The normalized spacial score (nSPS) is 11.0. The highest BCUT2D eigenvalue weighted by Gasteiger charge is 2.20. The lowest BCUT2D eigenvalue weighted by Gasteiger charge is -2.08. The number of rotatable bonds is 7. The van der Waals surface area contributed by atoms with Crippen molar-refractivity contribution in [2.75, 3.05) is 20.3 Å². The minimum Gasteiger partial charge on any atom is -0.489 e. The number of aryl methyl sites for hydroxylation is 1. The summed E-state index contributed by atoms with van der Waals surface area (Å²) in [5, 5.41) is 1.73. The first-order chi connectivity index (χ1) is 13.0. The lowest BCUT2D eigenvalue weighted by Crippen LogP contribution is -2.10. The van der Waals surface area contributed by atoms with Gasteiger partial charge in [-0.15, -0.1) is 0 Å². The second-order valence-corrected chi connectivity index (χ2v) is 6.69. The van der Waals surface area contributed by atoms with Crippen molar-refractivity contribution in [1.29, 1.82) is 0 Å². The van der Waals surface area contributed by atoms with Crippen LogP contribution in [-0.2, 0) is 16.1 Å². The highest BCUT2D eigenvalue weighted by molar-refractivity contribution is 6.35. The Morgan fingerprint density at radius 2 is 1.93 bits per heavy atom. The van der Waals surface area contributed by atoms with Crippen LogP contribution in [0.2, 0.25) is 10.0 Å². The van der Waals surface area contributed by atoms with Gasteiger partial charge in [-0.25, -0.2) is 4.79 Å². The summed E-state index contributed by atoms with van der Waals surface area (Å²) in [6, 6.07) is 10.5. The molecule has 0 saturated carbocycles. The highest BCUT2D eigenvalue weighted by atomic mass is 35.5. The number of benzene rings is 2. The van der Waals surface area contributed by atoms with E-state index in [1.54, 1.807) is 44.4 Å². The molecule has 0 bridgehead atoms. The van der Waals surface area contributed by atoms with Crippen LogP contribution in [0.1, 0.15) is 21.7 Å². The summed E-state index contributed by atoms with van der Waals surface area (Å²) in [6.07, 6.45) is 0. The second-order valence-electron chi connectivity index (χ2n) is 5.84. The van der Waals surface area contributed by atoms with E-state index in [1.807, 2.05) is 6.07 Å². The average molecular weight is 409 g/mol. The number of hydrogen-bond donors (Lipinski definition) is 0. The zero-order valence-electron chi connectivity index (χ0n) is 14.9. The molecule has 0 unspecified atom stereocenters. The largest absolute Gasteiger partial charge is 0.489 e. The molecule has 0 aliphatic rings. The Labute approximate surface area is 166 Å². The Morgan fingerprint density at radius 1 is 1.11 bits per heavy atom. The van der Waals surface area contributed by atoms with Crippen molar-refractivity contribution in [2.24, 2.45) is 0 Å². The van der Waals surface area contributed by atoms with Gasteiger partial charge in [0.25, 0.3) is 0 Å². The predicted octanol–water partition coefficient (Wildman–Crippen LogP) is 5.43. The number of ether oxygens (including phenoxy) is 3. The van der Waals surface area contributed by atoms with Crippen molar-refractivity contribution in [3.63, 3.8) is 0 Å². The summed E-state index contributed by atoms with van der Waals surface area (Å²) in [6.45, 7) is 2.50. The summed E-state index contributed by atoms with van der Waals surface area (Å²) in [5.74, 6) is 0.617. The van der Waals surface area contributed by atoms with Crippen LogP contribution in [0.15, 0.2) is 40.8 Å². The molecule has 1 heterocycles. The molecule has 5 nitrogen and oxygen atoms in total. The summed E-state index contributed by atoms with van der Waals surface area (Å²) < 4.78 is 21.6. The van der Waals surface area contributed by atoms with Crippen molar-refractivity contribution in [1.82, 2.24) is 0 Å². The highest BCUT2D eigenvalue weighted by Crippen LogP contribution is 2.30. The number of esters is 1. The minimum absolute atomic E-state index is 0.173. The topological polar surface area (TPSA) is 57.9 Å². The molecule has 2 aromatic carbocycles. The van der Waals surface area contributed by atoms with E-state index in [4.69, 9.17) is 41.8 Å². The molecule has 7 heteroatoms. The van der Waals surface area contributed by atoms with E-state index in [1.165, 1.54) is 0 Å². The van der Waals surface area contributed by atoms with Gasteiger partial charge >= 0.3 is 5.97 Å².